The van der Waals surface area contributed by atoms with Gasteiger partial charge in [0.05, 0.1) is 12.2 Å². The van der Waals surface area contributed by atoms with Crippen LogP contribution in [0.4, 0.5) is 17.6 Å². The normalized spacial score (nSPS) is 10.0. The third kappa shape index (κ3) is 2.53. The van der Waals surface area contributed by atoms with Crippen molar-refractivity contribution in [1.29, 1.82) is 0 Å². The van der Waals surface area contributed by atoms with Crippen molar-refractivity contribution in [3.8, 4) is 0 Å². The number of anilines is 3. The topological polar surface area (TPSA) is 116 Å². The van der Waals surface area contributed by atoms with Crippen molar-refractivity contribution < 1.29 is 0 Å². The summed E-state index contributed by atoms with van der Waals surface area (Å²) < 4.78 is 0. The molecule has 0 spiro atoms. The molecule has 0 aliphatic carbocycles. The van der Waals surface area contributed by atoms with Crippen LogP contribution in [0.3, 0.4) is 0 Å². The van der Waals surface area contributed by atoms with Gasteiger partial charge in [0, 0.05) is 12.3 Å². The van der Waals surface area contributed by atoms with Gasteiger partial charge in [-0.2, -0.15) is 20.2 Å². The Morgan fingerprint density at radius 1 is 1.25 bits per heavy atom. The molecule has 0 saturated carbocycles. The number of rotatable bonds is 3. The Bertz CT molecular complexity index is 450. The zero-order valence-electron chi connectivity index (χ0n) is 8.46. The van der Waals surface area contributed by atoms with Gasteiger partial charge in [-0.25, -0.2) is 0 Å². The second-order valence-electron chi connectivity index (χ2n) is 3.10. The summed E-state index contributed by atoms with van der Waals surface area (Å²) in [4.78, 5) is 7.74. The van der Waals surface area contributed by atoms with E-state index < -0.39 is 0 Å². The lowest BCUT2D eigenvalue weighted by molar-refractivity contribution is 0.920. The van der Waals surface area contributed by atoms with Gasteiger partial charge in [0.25, 0.3) is 0 Å². The molecule has 82 valence electrons. The van der Waals surface area contributed by atoms with Crippen LogP contribution >= 0.6 is 0 Å². The first-order valence-corrected chi connectivity index (χ1v) is 4.64. The van der Waals surface area contributed by atoms with Crippen LogP contribution in [0.5, 0.6) is 0 Å². The Labute approximate surface area is 91.9 Å². The lowest BCUT2D eigenvalue weighted by Gasteiger charge is -2.05. The lowest BCUT2D eigenvalue weighted by atomic mass is 10.4. The second kappa shape index (κ2) is 4.39. The first-order chi connectivity index (χ1) is 7.74. The van der Waals surface area contributed by atoms with E-state index in [1.54, 1.807) is 12.3 Å². The maximum absolute atomic E-state index is 5.53. The van der Waals surface area contributed by atoms with E-state index in [0.717, 1.165) is 5.69 Å². The van der Waals surface area contributed by atoms with Gasteiger partial charge in [0.2, 0.25) is 5.95 Å². The summed E-state index contributed by atoms with van der Waals surface area (Å²) in [5, 5.41) is 10.7. The molecule has 0 aromatic carbocycles. The molecule has 0 aliphatic heterocycles. The largest absolute Gasteiger partial charge is 0.383 e. The minimum atomic E-state index is 0.140. The number of hydrogen-bond donors (Lipinski definition) is 3. The number of aromatic nitrogens is 4. The Balaban J connectivity index is 2.05. The highest BCUT2D eigenvalue weighted by Crippen LogP contribution is 2.09. The monoisotopic (exact) mass is 217 g/mol. The van der Waals surface area contributed by atoms with Crippen molar-refractivity contribution in [3.05, 3.63) is 30.1 Å². The SMILES string of the molecule is Nc1cc(NCc2cccnn2)nc(N)n1. The van der Waals surface area contributed by atoms with Crippen molar-refractivity contribution >= 4 is 17.6 Å². The second-order valence-corrected chi connectivity index (χ2v) is 3.10. The fraction of sp³-hybridized carbons (Fsp3) is 0.111. The van der Waals surface area contributed by atoms with E-state index in [-0.39, 0.29) is 5.95 Å². The van der Waals surface area contributed by atoms with Gasteiger partial charge in [-0.1, -0.05) is 0 Å². The van der Waals surface area contributed by atoms with Crippen molar-refractivity contribution in [2.45, 2.75) is 6.54 Å². The summed E-state index contributed by atoms with van der Waals surface area (Å²) >= 11 is 0. The summed E-state index contributed by atoms with van der Waals surface area (Å²) in [7, 11) is 0. The molecule has 7 nitrogen and oxygen atoms in total. The molecular formula is C9H11N7. The average molecular weight is 217 g/mol. The van der Waals surface area contributed by atoms with Gasteiger partial charge in [0.1, 0.15) is 11.6 Å². The molecular weight excluding hydrogens is 206 g/mol. The quantitative estimate of drug-likeness (QED) is 0.664. The molecule has 2 rings (SSSR count). The number of nitrogen functional groups attached to an aromatic ring is 2. The maximum Gasteiger partial charge on any atom is 0.223 e. The number of nitrogens with one attached hydrogen (secondary N) is 1. The van der Waals surface area contributed by atoms with Crippen molar-refractivity contribution in [3.63, 3.8) is 0 Å². The fourth-order valence-electron chi connectivity index (χ4n) is 1.18. The highest BCUT2D eigenvalue weighted by Gasteiger charge is 2.00. The predicted molar refractivity (Wildman–Crippen MR) is 60.2 cm³/mol. The molecule has 0 unspecified atom stereocenters. The van der Waals surface area contributed by atoms with E-state index in [0.29, 0.717) is 18.2 Å². The number of hydrogen-bond acceptors (Lipinski definition) is 7. The Hall–Kier alpha value is -2.44. The molecule has 5 N–H and O–H groups in total. The first-order valence-electron chi connectivity index (χ1n) is 4.64. The van der Waals surface area contributed by atoms with E-state index >= 15 is 0 Å². The van der Waals surface area contributed by atoms with Crippen LogP contribution < -0.4 is 16.8 Å². The van der Waals surface area contributed by atoms with E-state index in [2.05, 4.69) is 25.5 Å². The molecule has 2 heterocycles. The molecule has 0 aliphatic rings. The van der Waals surface area contributed by atoms with E-state index in [1.807, 2.05) is 12.1 Å². The fourth-order valence-corrected chi connectivity index (χ4v) is 1.18. The predicted octanol–water partition coefficient (Wildman–Crippen LogP) is 0.0431. The third-order valence-electron chi connectivity index (χ3n) is 1.84. The average Bonchev–Trinajstić information content (AvgIpc) is 2.27. The highest BCUT2D eigenvalue weighted by molar-refractivity contribution is 5.48. The maximum atomic E-state index is 5.53. The third-order valence-corrected chi connectivity index (χ3v) is 1.84. The zero-order valence-corrected chi connectivity index (χ0v) is 8.46. The van der Waals surface area contributed by atoms with Crippen LogP contribution in [0.2, 0.25) is 0 Å². The summed E-state index contributed by atoms with van der Waals surface area (Å²) in [6, 6.07) is 5.27. The van der Waals surface area contributed by atoms with Crippen LogP contribution in [0.15, 0.2) is 24.4 Å². The lowest BCUT2D eigenvalue weighted by Crippen LogP contribution is -2.07. The standard InChI is InChI=1S/C9H11N7/c10-7-4-8(15-9(11)14-7)12-5-6-2-1-3-13-16-6/h1-4H,5H2,(H5,10,11,12,14,15). The van der Waals surface area contributed by atoms with Gasteiger partial charge >= 0.3 is 0 Å². The Kier molecular flexibility index (Phi) is 2.77. The molecule has 0 bridgehead atoms. The van der Waals surface area contributed by atoms with Crippen LogP contribution in [0, 0.1) is 0 Å². The van der Waals surface area contributed by atoms with Crippen LogP contribution in [0.1, 0.15) is 5.69 Å². The molecule has 2 aromatic rings. The van der Waals surface area contributed by atoms with Gasteiger partial charge in [-0.3, -0.25) is 0 Å². The van der Waals surface area contributed by atoms with Crippen molar-refractivity contribution in [2.24, 2.45) is 0 Å². The molecule has 0 amide bonds. The van der Waals surface area contributed by atoms with Gasteiger partial charge in [-0.15, -0.1) is 0 Å². The number of nitrogens with zero attached hydrogens (tertiary/aromatic N) is 4. The first kappa shape index (κ1) is 10.1. The molecule has 0 fully saturated rings. The van der Waals surface area contributed by atoms with Crippen LogP contribution in [-0.4, -0.2) is 20.2 Å². The molecule has 2 aromatic heterocycles. The summed E-state index contributed by atoms with van der Waals surface area (Å²) in [5.41, 5.74) is 11.8. The van der Waals surface area contributed by atoms with Gasteiger partial charge in [-0.05, 0) is 12.1 Å². The van der Waals surface area contributed by atoms with E-state index in [1.165, 1.54) is 0 Å². The van der Waals surface area contributed by atoms with Crippen molar-refractivity contribution in [2.75, 3.05) is 16.8 Å². The van der Waals surface area contributed by atoms with E-state index in [9.17, 15) is 0 Å². The molecule has 0 radical (unpaired) electrons. The summed E-state index contributed by atoms with van der Waals surface area (Å²) in [5.74, 6) is 1.03. The van der Waals surface area contributed by atoms with Crippen molar-refractivity contribution in [1.82, 2.24) is 20.2 Å². The van der Waals surface area contributed by atoms with Gasteiger partial charge in [0.15, 0.2) is 0 Å². The summed E-state index contributed by atoms with van der Waals surface area (Å²) in [6.45, 7) is 0.504. The Morgan fingerprint density at radius 2 is 2.12 bits per heavy atom. The molecule has 16 heavy (non-hydrogen) atoms. The molecule has 0 atom stereocenters. The smallest absolute Gasteiger partial charge is 0.223 e. The highest BCUT2D eigenvalue weighted by atomic mass is 15.1. The minimum absolute atomic E-state index is 0.140. The number of nitrogens with two attached hydrogens (primary N) is 2. The van der Waals surface area contributed by atoms with E-state index in [4.69, 9.17) is 11.5 Å². The van der Waals surface area contributed by atoms with Crippen LogP contribution in [0.25, 0.3) is 0 Å². The zero-order chi connectivity index (χ0) is 11.4. The molecule has 7 heteroatoms. The van der Waals surface area contributed by atoms with Crippen LogP contribution in [-0.2, 0) is 6.54 Å². The summed E-state index contributed by atoms with van der Waals surface area (Å²) in [6.07, 6.45) is 1.62. The molecule has 0 saturated heterocycles. The minimum Gasteiger partial charge on any atom is -0.383 e. The van der Waals surface area contributed by atoms with Gasteiger partial charge < -0.3 is 16.8 Å². The Morgan fingerprint density at radius 3 is 2.81 bits per heavy atom.